The number of hydrogen-bond donors (Lipinski definition) is 0. The predicted molar refractivity (Wildman–Crippen MR) is 84.5 cm³/mol. The lowest BCUT2D eigenvalue weighted by Crippen LogP contribution is -2.49. The number of carbonyl (C=O) groups excluding carboxylic acids is 1. The number of thiazole rings is 1. The summed E-state index contributed by atoms with van der Waals surface area (Å²) in [6.45, 7) is 3.57. The van der Waals surface area contributed by atoms with Crippen molar-refractivity contribution >= 4 is 22.4 Å². The van der Waals surface area contributed by atoms with Gasteiger partial charge in [-0.2, -0.15) is 0 Å². The molecule has 21 heavy (non-hydrogen) atoms. The summed E-state index contributed by atoms with van der Waals surface area (Å²) in [4.78, 5) is 21.3. The van der Waals surface area contributed by atoms with Crippen molar-refractivity contribution in [2.24, 2.45) is 17.8 Å². The van der Waals surface area contributed by atoms with Crippen LogP contribution in [0.3, 0.4) is 0 Å². The maximum absolute atomic E-state index is 12.5. The Hall–Kier alpha value is -1.10. The highest BCUT2D eigenvalue weighted by atomic mass is 32.1. The van der Waals surface area contributed by atoms with Crippen LogP contribution >= 0.6 is 11.3 Å². The smallest absolute Gasteiger partial charge is 0.222 e. The highest BCUT2D eigenvalue weighted by Gasteiger charge is 2.40. The third kappa shape index (κ3) is 2.68. The number of fused-ring (bicyclic) bond motifs is 2. The van der Waals surface area contributed by atoms with E-state index >= 15 is 0 Å². The van der Waals surface area contributed by atoms with E-state index in [9.17, 15) is 4.79 Å². The average molecular weight is 305 g/mol. The van der Waals surface area contributed by atoms with E-state index in [1.165, 1.54) is 25.7 Å². The van der Waals surface area contributed by atoms with Gasteiger partial charge in [0.05, 0.1) is 0 Å². The molecular weight excluding hydrogens is 282 g/mol. The highest BCUT2D eigenvalue weighted by molar-refractivity contribution is 7.13. The van der Waals surface area contributed by atoms with E-state index in [0.29, 0.717) is 11.8 Å². The Morgan fingerprint density at radius 1 is 1.24 bits per heavy atom. The fourth-order valence-electron chi connectivity index (χ4n) is 4.50. The lowest BCUT2D eigenvalue weighted by molar-refractivity contribution is -0.132. The van der Waals surface area contributed by atoms with Crippen molar-refractivity contribution in [1.82, 2.24) is 9.88 Å². The minimum atomic E-state index is 0.395. The zero-order chi connectivity index (χ0) is 14.2. The molecule has 2 saturated carbocycles. The lowest BCUT2D eigenvalue weighted by atomic mass is 9.86. The van der Waals surface area contributed by atoms with Crippen LogP contribution in [0.4, 0.5) is 5.13 Å². The molecular formula is C16H23N3OS. The highest BCUT2D eigenvalue weighted by Crippen LogP contribution is 2.49. The second kappa shape index (κ2) is 5.59. The van der Waals surface area contributed by atoms with Crippen molar-refractivity contribution in [2.75, 3.05) is 31.1 Å². The van der Waals surface area contributed by atoms with Gasteiger partial charge in [0.25, 0.3) is 0 Å². The number of rotatable bonds is 3. The van der Waals surface area contributed by atoms with E-state index in [2.05, 4.69) is 14.8 Å². The molecule has 0 radical (unpaired) electrons. The molecule has 2 bridgehead atoms. The van der Waals surface area contributed by atoms with E-state index in [1.807, 2.05) is 11.6 Å². The Bertz CT molecular complexity index is 496. The molecule has 0 N–H and O–H groups in total. The van der Waals surface area contributed by atoms with Crippen LogP contribution in [0.15, 0.2) is 11.6 Å². The van der Waals surface area contributed by atoms with Gasteiger partial charge < -0.3 is 9.80 Å². The van der Waals surface area contributed by atoms with Crippen molar-refractivity contribution in [2.45, 2.75) is 32.1 Å². The standard InChI is InChI=1S/C16H23N3OS/c20-15(11-14-10-12-1-2-13(14)9-12)18-4-6-19(7-5-18)16-17-3-8-21-16/h3,8,12-14H,1-2,4-7,9-11H2. The molecule has 5 heteroatoms. The molecule has 1 amide bonds. The third-order valence-electron chi connectivity index (χ3n) is 5.64. The van der Waals surface area contributed by atoms with E-state index in [1.54, 1.807) is 11.3 Å². The predicted octanol–water partition coefficient (Wildman–Crippen LogP) is 2.62. The molecule has 3 unspecified atom stereocenters. The van der Waals surface area contributed by atoms with E-state index in [4.69, 9.17) is 0 Å². The molecule has 3 atom stereocenters. The number of nitrogens with zero attached hydrogens (tertiary/aromatic N) is 3. The Balaban J connectivity index is 1.29. The minimum Gasteiger partial charge on any atom is -0.345 e. The maximum Gasteiger partial charge on any atom is 0.222 e. The summed E-state index contributed by atoms with van der Waals surface area (Å²) in [6.07, 6.45) is 8.17. The first-order chi connectivity index (χ1) is 10.3. The molecule has 4 nitrogen and oxygen atoms in total. The summed E-state index contributed by atoms with van der Waals surface area (Å²) in [5, 5.41) is 3.11. The van der Waals surface area contributed by atoms with Gasteiger partial charge in [-0.15, -0.1) is 11.3 Å². The number of piperazine rings is 1. The normalized spacial score (nSPS) is 31.9. The Morgan fingerprint density at radius 3 is 2.71 bits per heavy atom. The topological polar surface area (TPSA) is 36.4 Å². The first kappa shape index (κ1) is 13.6. The lowest BCUT2D eigenvalue weighted by Gasteiger charge is -2.35. The van der Waals surface area contributed by atoms with Crippen LogP contribution in [-0.4, -0.2) is 42.0 Å². The monoisotopic (exact) mass is 305 g/mol. The Kier molecular flexibility index (Phi) is 3.61. The van der Waals surface area contributed by atoms with Gasteiger partial charge in [0, 0.05) is 44.2 Å². The first-order valence-electron chi connectivity index (χ1n) is 8.22. The van der Waals surface area contributed by atoms with Crippen LogP contribution in [0, 0.1) is 17.8 Å². The molecule has 0 aromatic carbocycles. The van der Waals surface area contributed by atoms with Gasteiger partial charge in [0.2, 0.25) is 5.91 Å². The van der Waals surface area contributed by atoms with E-state index < -0.39 is 0 Å². The van der Waals surface area contributed by atoms with Gasteiger partial charge in [-0.1, -0.05) is 6.42 Å². The summed E-state index contributed by atoms with van der Waals surface area (Å²) in [6, 6.07) is 0. The van der Waals surface area contributed by atoms with Gasteiger partial charge in [0.15, 0.2) is 5.13 Å². The second-order valence-electron chi connectivity index (χ2n) is 6.82. The van der Waals surface area contributed by atoms with Crippen LogP contribution < -0.4 is 4.90 Å². The Morgan fingerprint density at radius 2 is 2.10 bits per heavy atom. The number of amides is 1. The van der Waals surface area contributed by atoms with E-state index in [0.717, 1.165) is 49.6 Å². The van der Waals surface area contributed by atoms with Crippen LogP contribution in [0.2, 0.25) is 0 Å². The van der Waals surface area contributed by atoms with Crippen molar-refractivity contribution < 1.29 is 4.79 Å². The van der Waals surface area contributed by atoms with Gasteiger partial charge in [-0.25, -0.2) is 4.98 Å². The first-order valence-corrected chi connectivity index (χ1v) is 9.10. The second-order valence-corrected chi connectivity index (χ2v) is 7.69. The molecule has 1 saturated heterocycles. The van der Waals surface area contributed by atoms with Crippen LogP contribution in [0.25, 0.3) is 0 Å². The summed E-state index contributed by atoms with van der Waals surface area (Å²) >= 11 is 1.68. The molecule has 114 valence electrons. The average Bonchev–Trinajstić information content (AvgIpc) is 3.25. The molecule has 2 aliphatic carbocycles. The van der Waals surface area contributed by atoms with Crippen LogP contribution in [-0.2, 0) is 4.79 Å². The summed E-state index contributed by atoms with van der Waals surface area (Å²) in [5.74, 6) is 2.88. The molecule has 1 aliphatic heterocycles. The number of aromatic nitrogens is 1. The molecule has 3 fully saturated rings. The molecule has 2 heterocycles. The number of hydrogen-bond acceptors (Lipinski definition) is 4. The summed E-state index contributed by atoms with van der Waals surface area (Å²) in [7, 11) is 0. The zero-order valence-corrected chi connectivity index (χ0v) is 13.2. The quantitative estimate of drug-likeness (QED) is 0.861. The fourth-order valence-corrected chi connectivity index (χ4v) is 5.20. The van der Waals surface area contributed by atoms with Crippen molar-refractivity contribution in [1.29, 1.82) is 0 Å². The van der Waals surface area contributed by atoms with Crippen molar-refractivity contribution in [3.63, 3.8) is 0 Å². The van der Waals surface area contributed by atoms with Crippen molar-refractivity contribution in [3.8, 4) is 0 Å². The van der Waals surface area contributed by atoms with Gasteiger partial charge in [-0.05, 0) is 37.0 Å². The number of anilines is 1. The van der Waals surface area contributed by atoms with Gasteiger partial charge in [-0.3, -0.25) is 4.79 Å². The van der Waals surface area contributed by atoms with Crippen LogP contribution in [0.1, 0.15) is 32.1 Å². The fraction of sp³-hybridized carbons (Fsp3) is 0.750. The molecule has 0 spiro atoms. The minimum absolute atomic E-state index is 0.395. The molecule has 4 rings (SSSR count). The molecule has 1 aromatic heterocycles. The largest absolute Gasteiger partial charge is 0.345 e. The zero-order valence-electron chi connectivity index (χ0n) is 12.4. The SMILES string of the molecule is O=C(CC1CC2CCC1C2)N1CCN(c2nccs2)CC1. The molecule has 3 aliphatic rings. The molecule has 1 aromatic rings. The number of carbonyl (C=O) groups is 1. The van der Waals surface area contributed by atoms with Gasteiger partial charge in [0.1, 0.15) is 0 Å². The third-order valence-corrected chi connectivity index (χ3v) is 6.48. The Labute approximate surface area is 130 Å². The summed E-state index contributed by atoms with van der Waals surface area (Å²) in [5.41, 5.74) is 0. The van der Waals surface area contributed by atoms with E-state index in [-0.39, 0.29) is 0 Å². The summed E-state index contributed by atoms with van der Waals surface area (Å²) < 4.78 is 0. The van der Waals surface area contributed by atoms with Crippen molar-refractivity contribution in [3.05, 3.63) is 11.6 Å². The maximum atomic E-state index is 12.5. The van der Waals surface area contributed by atoms with Gasteiger partial charge >= 0.3 is 0 Å². The van der Waals surface area contributed by atoms with Crippen LogP contribution in [0.5, 0.6) is 0 Å².